The first-order valence-corrected chi connectivity index (χ1v) is 8.91. The molecule has 0 radical (unpaired) electrons. The van der Waals surface area contributed by atoms with Crippen molar-refractivity contribution < 1.29 is 23.0 Å². The third-order valence-electron chi connectivity index (χ3n) is 5.20. The van der Waals surface area contributed by atoms with Gasteiger partial charge in [-0.15, -0.1) is 0 Å². The first-order valence-electron chi connectivity index (χ1n) is 8.91. The lowest BCUT2D eigenvalue weighted by Gasteiger charge is -2.35. The number of carbonyl (C=O) groups is 1. The fourth-order valence-corrected chi connectivity index (χ4v) is 3.91. The van der Waals surface area contributed by atoms with E-state index < -0.39 is 11.5 Å². The third kappa shape index (κ3) is 2.93. The van der Waals surface area contributed by atoms with Crippen LogP contribution in [0.2, 0.25) is 0 Å². The Labute approximate surface area is 161 Å². The summed E-state index contributed by atoms with van der Waals surface area (Å²) in [5.74, 6) is -0.938. The van der Waals surface area contributed by atoms with Crippen LogP contribution in [-0.2, 0) is 15.1 Å². The van der Waals surface area contributed by atoms with Crippen molar-refractivity contribution in [3.63, 3.8) is 0 Å². The summed E-state index contributed by atoms with van der Waals surface area (Å²) < 4.78 is 38.6. The number of hydrogen-bond donors (Lipinski definition) is 0. The highest BCUT2D eigenvalue weighted by Crippen LogP contribution is 2.55. The fourth-order valence-electron chi connectivity index (χ4n) is 3.91. The number of rotatable bonds is 4. The number of fused-ring (bicyclic) bond motifs is 1. The van der Waals surface area contributed by atoms with Gasteiger partial charge in [0.05, 0.1) is 13.5 Å². The molecule has 3 aromatic rings. The molecule has 5 heteroatoms. The standard InChI is InChI=1S/C23H18F2O3/c1-27-22(26)14-20-19-4-2-3-5-21(19)28-23(20,15-6-10-17(24)11-7-15)16-8-12-18(25)13-9-16/h2-13,20H,14H2,1H3/t20-/m1/s1. The quantitative estimate of drug-likeness (QED) is 0.601. The molecular weight excluding hydrogens is 362 g/mol. The molecule has 0 saturated carbocycles. The summed E-state index contributed by atoms with van der Waals surface area (Å²) >= 11 is 0. The van der Waals surface area contributed by atoms with Crippen molar-refractivity contribution >= 4 is 5.97 Å². The first kappa shape index (κ1) is 18.2. The Kier molecular flexibility index (Phi) is 4.59. The van der Waals surface area contributed by atoms with Crippen molar-refractivity contribution in [2.45, 2.75) is 17.9 Å². The minimum absolute atomic E-state index is 0.0578. The predicted molar refractivity (Wildman–Crippen MR) is 100 cm³/mol. The molecule has 1 aliphatic heterocycles. The fraction of sp³-hybridized carbons (Fsp3) is 0.174. The van der Waals surface area contributed by atoms with Gasteiger partial charge in [-0.2, -0.15) is 0 Å². The van der Waals surface area contributed by atoms with Crippen LogP contribution in [0.3, 0.4) is 0 Å². The molecule has 0 N–H and O–H groups in total. The first-order chi connectivity index (χ1) is 13.5. The maximum absolute atomic E-state index is 13.6. The molecular formula is C23H18F2O3. The van der Waals surface area contributed by atoms with E-state index in [9.17, 15) is 13.6 Å². The summed E-state index contributed by atoms with van der Waals surface area (Å²) in [4.78, 5) is 12.2. The van der Waals surface area contributed by atoms with Crippen LogP contribution in [0.4, 0.5) is 8.78 Å². The van der Waals surface area contributed by atoms with Gasteiger partial charge < -0.3 is 9.47 Å². The van der Waals surface area contributed by atoms with Gasteiger partial charge in [0.2, 0.25) is 0 Å². The van der Waals surface area contributed by atoms with Crippen molar-refractivity contribution in [1.29, 1.82) is 0 Å². The molecule has 1 heterocycles. The van der Waals surface area contributed by atoms with E-state index in [0.717, 1.165) is 5.56 Å². The summed E-state index contributed by atoms with van der Waals surface area (Å²) in [5, 5.41) is 0. The molecule has 28 heavy (non-hydrogen) atoms. The zero-order chi connectivity index (χ0) is 19.7. The van der Waals surface area contributed by atoms with Gasteiger partial charge >= 0.3 is 5.97 Å². The minimum atomic E-state index is -1.11. The molecule has 1 aliphatic rings. The summed E-state index contributed by atoms with van der Waals surface area (Å²) in [5.41, 5.74) is 1.08. The maximum Gasteiger partial charge on any atom is 0.306 e. The van der Waals surface area contributed by atoms with Crippen molar-refractivity contribution in [2.75, 3.05) is 7.11 Å². The summed E-state index contributed by atoms with van der Waals surface area (Å²) in [6.07, 6.45) is 0.0578. The van der Waals surface area contributed by atoms with Gasteiger partial charge in [-0.25, -0.2) is 8.78 Å². The molecule has 0 bridgehead atoms. The molecule has 3 aromatic carbocycles. The summed E-state index contributed by atoms with van der Waals surface area (Å²) in [7, 11) is 1.33. The van der Waals surface area contributed by atoms with E-state index in [4.69, 9.17) is 9.47 Å². The molecule has 3 nitrogen and oxygen atoms in total. The van der Waals surface area contributed by atoms with E-state index in [1.165, 1.54) is 31.4 Å². The highest BCUT2D eigenvalue weighted by Gasteiger charge is 2.52. The lowest BCUT2D eigenvalue weighted by Crippen LogP contribution is -2.37. The molecule has 0 amide bonds. The number of halogens is 2. The molecule has 0 aromatic heterocycles. The Bertz CT molecular complexity index is 952. The van der Waals surface area contributed by atoms with Crippen LogP contribution < -0.4 is 4.74 Å². The Hall–Kier alpha value is -3.21. The van der Waals surface area contributed by atoms with Crippen LogP contribution >= 0.6 is 0 Å². The normalized spacial score (nSPS) is 16.9. The molecule has 0 spiro atoms. The Balaban J connectivity index is 1.96. The lowest BCUT2D eigenvalue weighted by atomic mass is 9.73. The van der Waals surface area contributed by atoms with Crippen LogP contribution in [0.5, 0.6) is 5.75 Å². The number of para-hydroxylation sites is 1. The van der Waals surface area contributed by atoms with Crippen molar-refractivity contribution in [2.24, 2.45) is 0 Å². The Morgan fingerprint density at radius 2 is 1.46 bits per heavy atom. The van der Waals surface area contributed by atoms with Crippen LogP contribution in [0.25, 0.3) is 0 Å². The average molecular weight is 380 g/mol. The van der Waals surface area contributed by atoms with E-state index >= 15 is 0 Å². The molecule has 0 aliphatic carbocycles. The average Bonchev–Trinajstić information content (AvgIpc) is 3.04. The van der Waals surface area contributed by atoms with Gasteiger partial charge in [0.1, 0.15) is 17.4 Å². The molecule has 1 atom stereocenters. The Morgan fingerprint density at radius 3 is 2.00 bits per heavy atom. The van der Waals surface area contributed by atoms with E-state index in [2.05, 4.69) is 0 Å². The largest absolute Gasteiger partial charge is 0.477 e. The minimum Gasteiger partial charge on any atom is -0.477 e. The number of ether oxygens (including phenoxy) is 2. The van der Waals surface area contributed by atoms with E-state index in [1.807, 2.05) is 24.3 Å². The second kappa shape index (κ2) is 7.08. The second-order valence-corrected chi connectivity index (χ2v) is 6.72. The predicted octanol–water partition coefficient (Wildman–Crippen LogP) is 4.95. The smallest absolute Gasteiger partial charge is 0.306 e. The van der Waals surface area contributed by atoms with Gasteiger partial charge in [0, 0.05) is 22.6 Å². The highest BCUT2D eigenvalue weighted by atomic mass is 19.1. The lowest BCUT2D eigenvalue weighted by molar-refractivity contribution is -0.141. The number of hydrogen-bond acceptors (Lipinski definition) is 3. The summed E-state index contributed by atoms with van der Waals surface area (Å²) in [6.45, 7) is 0. The zero-order valence-electron chi connectivity index (χ0n) is 15.2. The maximum atomic E-state index is 13.6. The highest BCUT2D eigenvalue weighted by molar-refractivity contribution is 5.72. The SMILES string of the molecule is COC(=O)C[C@@H]1c2ccccc2OC1(c1ccc(F)cc1)c1ccc(F)cc1. The molecule has 4 rings (SSSR count). The monoisotopic (exact) mass is 380 g/mol. The molecule has 0 fully saturated rings. The molecule has 0 saturated heterocycles. The topological polar surface area (TPSA) is 35.5 Å². The van der Waals surface area contributed by atoms with Crippen molar-refractivity contribution in [3.05, 3.63) is 101 Å². The van der Waals surface area contributed by atoms with Gasteiger partial charge in [-0.05, 0) is 30.3 Å². The van der Waals surface area contributed by atoms with Crippen LogP contribution in [0.15, 0.2) is 72.8 Å². The van der Waals surface area contributed by atoms with Crippen molar-refractivity contribution in [3.8, 4) is 5.75 Å². The number of carbonyl (C=O) groups excluding carboxylic acids is 1. The van der Waals surface area contributed by atoms with E-state index in [1.54, 1.807) is 24.3 Å². The Morgan fingerprint density at radius 1 is 0.929 bits per heavy atom. The van der Waals surface area contributed by atoms with Crippen LogP contribution in [-0.4, -0.2) is 13.1 Å². The van der Waals surface area contributed by atoms with Gasteiger partial charge in [-0.1, -0.05) is 42.5 Å². The molecule has 0 unspecified atom stereocenters. The third-order valence-corrected chi connectivity index (χ3v) is 5.20. The number of methoxy groups -OCH3 is 1. The number of esters is 1. The van der Waals surface area contributed by atoms with E-state index in [-0.39, 0.29) is 24.0 Å². The van der Waals surface area contributed by atoms with Crippen LogP contribution in [0, 0.1) is 11.6 Å². The number of benzene rings is 3. The van der Waals surface area contributed by atoms with Gasteiger partial charge in [-0.3, -0.25) is 4.79 Å². The summed E-state index contributed by atoms with van der Waals surface area (Å²) in [6, 6.07) is 19.4. The van der Waals surface area contributed by atoms with Crippen LogP contribution in [0.1, 0.15) is 29.0 Å². The van der Waals surface area contributed by atoms with Gasteiger partial charge in [0.25, 0.3) is 0 Å². The second-order valence-electron chi connectivity index (χ2n) is 6.72. The zero-order valence-corrected chi connectivity index (χ0v) is 15.2. The van der Waals surface area contributed by atoms with Crippen molar-refractivity contribution in [1.82, 2.24) is 0 Å². The van der Waals surface area contributed by atoms with E-state index in [0.29, 0.717) is 16.9 Å². The van der Waals surface area contributed by atoms with Gasteiger partial charge in [0.15, 0.2) is 5.60 Å². The molecule has 142 valence electrons.